The molecule has 2 amide bonds. The fourth-order valence-corrected chi connectivity index (χ4v) is 4.00. The van der Waals surface area contributed by atoms with Crippen LogP contribution in [0.1, 0.15) is 6.42 Å². The summed E-state index contributed by atoms with van der Waals surface area (Å²) in [4.78, 5) is 23.0. The lowest BCUT2D eigenvalue weighted by atomic mass is 10.1. The zero-order chi connectivity index (χ0) is 18.1. The van der Waals surface area contributed by atoms with Crippen LogP contribution in [0, 0.1) is 11.3 Å². The molecule has 1 aromatic heterocycles. The monoisotopic (exact) mass is 351 g/mol. The molecule has 0 radical (unpaired) electrons. The number of likely N-dealkylation sites (tertiary alicyclic amines) is 1. The van der Waals surface area contributed by atoms with Crippen LogP contribution in [0.25, 0.3) is 10.8 Å². The summed E-state index contributed by atoms with van der Waals surface area (Å²) in [5.74, 6) is 0. The predicted octanol–water partition coefficient (Wildman–Crippen LogP) is 1.44. The number of fused-ring (bicyclic) bond motifs is 1. The maximum atomic E-state index is 13.2. The molecule has 2 aliphatic rings. The molecular formula is C19H21N5O2. The number of anilines is 1. The first-order valence-electron chi connectivity index (χ1n) is 8.88. The molecule has 1 aromatic carbocycles. The molecule has 0 bridgehead atoms. The molecule has 7 heteroatoms. The molecule has 1 N–H and O–H groups in total. The number of aliphatic hydroxyl groups is 1. The zero-order valence-electron chi connectivity index (χ0n) is 14.5. The SMILES string of the molecule is N#CC1CN([C@@H]2CCN(CCO)C2)C(=O)N1c1cncc2ccccc12. The first-order chi connectivity index (χ1) is 12.7. The highest BCUT2D eigenvalue weighted by molar-refractivity contribution is 6.04. The summed E-state index contributed by atoms with van der Waals surface area (Å²) in [5.41, 5.74) is 0.687. The third-order valence-corrected chi connectivity index (χ3v) is 5.29. The van der Waals surface area contributed by atoms with Crippen molar-refractivity contribution in [1.29, 1.82) is 5.26 Å². The van der Waals surface area contributed by atoms with Crippen LogP contribution in [-0.2, 0) is 0 Å². The molecule has 2 saturated heterocycles. The Hall–Kier alpha value is -2.69. The van der Waals surface area contributed by atoms with Gasteiger partial charge in [-0.25, -0.2) is 4.79 Å². The van der Waals surface area contributed by atoms with E-state index in [-0.39, 0.29) is 18.7 Å². The molecular weight excluding hydrogens is 330 g/mol. The van der Waals surface area contributed by atoms with Gasteiger partial charge in [0.05, 0.1) is 31.1 Å². The number of aliphatic hydroxyl groups excluding tert-OH is 1. The smallest absolute Gasteiger partial charge is 0.326 e. The number of hydrogen-bond donors (Lipinski definition) is 1. The van der Waals surface area contributed by atoms with Crippen molar-refractivity contribution in [2.75, 3.05) is 37.7 Å². The number of nitriles is 1. The van der Waals surface area contributed by atoms with Crippen LogP contribution in [0.2, 0.25) is 0 Å². The second kappa shape index (κ2) is 6.90. The fourth-order valence-electron chi connectivity index (χ4n) is 4.00. The molecule has 0 aliphatic carbocycles. The first-order valence-corrected chi connectivity index (χ1v) is 8.88. The summed E-state index contributed by atoms with van der Waals surface area (Å²) in [6, 6.07) is 9.47. The fraction of sp³-hybridized carbons (Fsp3) is 0.421. The van der Waals surface area contributed by atoms with E-state index in [0.717, 1.165) is 30.3 Å². The molecule has 7 nitrogen and oxygen atoms in total. The number of rotatable bonds is 4. The minimum absolute atomic E-state index is 0.0813. The average molecular weight is 351 g/mol. The van der Waals surface area contributed by atoms with E-state index < -0.39 is 6.04 Å². The van der Waals surface area contributed by atoms with Gasteiger partial charge in [-0.15, -0.1) is 0 Å². The Balaban J connectivity index is 1.64. The van der Waals surface area contributed by atoms with Crippen LogP contribution < -0.4 is 4.90 Å². The van der Waals surface area contributed by atoms with Gasteiger partial charge in [-0.1, -0.05) is 24.3 Å². The highest BCUT2D eigenvalue weighted by Gasteiger charge is 2.43. The van der Waals surface area contributed by atoms with Crippen molar-refractivity contribution in [1.82, 2.24) is 14.8 Å². The Bertz CT molecular complexity index is 859. The van der Waals surface area contributed by atoms with E-state index in [2.05, 4.69) is 16.0 Å². The van der Waals surface area contributed by atoms with E-state index in [1.165, 1.54) is 0 Å². The third-order valence-electron chi connectivity index (χ3n) is 5.29. The minimum atomic E-state index is -0.526. The molecule has 4 rings (SSSR count). The number of benzene rings is 1. The number of carbonyl (C=O) groups is 1. The lowest BCUT2D eigenvalue weighted by Gasteiger charge is -2.25. The number of carbonyl (C=O) groups excluding carboxylic acids is 1. The highest BCUT2D eigenvalue weighted by atomic mass is 16.3. The Kier molecular flexibility index (Phi) is 4.45. The quantitative estimate of drug-likeness (QED) is 0.901. The summed E-state index contributed by atoms with van der Waals surface area (Å²) in [7, 11) is 0. The number of urea groups is 1. The van der Waals surface area contributed by atoms with Crippen molar-refractivity contribution in [3.05, 3.63) is 36.7 Å². The summed E-state index contributed by atoms with van der Waals surface area (Å²) < 4.78 is 0. The molecule has 3 heterocycles. The van der Waals surface area contributed by atoms with Gasteiger partial charge in [0.25, 0.3) is 0 Å². The average Bonchev–Trinajstić information content (AvgIpc) is 3.25. The summed E-state index contributed by atoms with van der Waals surface area (Å²) >= 11 is 0. The van der Waals surface area contributed by atoms with Gasteiger partial charge in [0.15, 0.2) is 0 Å². The van der Waals surface area contributed by atoms with Gasteiger partial charge in [-0.05, 0) is 6.42 Å². The van der Waals surface area contributed by atoms with Crippen LogP contribution in [-0.4, -0.2) is 70.8 Å². The van der Waals surface area contributed by atoms with E-state index >= 15 is 0 Å². The van der Waals surface area contributed by atoms with Gasteiger partial charge in [0.2, 0.25) is 0 Å². The van der Waals surface area contributed by atoms with Gasteiger partial charge in [-0.3, -0.25) is 14.8 Å². The Morgan fingerprint density at radius 3 is 2.92 bits per heavy atom. The van der Waals surface area contributed by atoms with E-state index in [0.29, 0.717) is 18.8 Å². The predicted molar refractivity (Wildman–Crippen MR) is 97.7 cm³/mol. The molecule has 0 saturated carbocycles. The van der Waals surface area contributed by atoms with Gasteiger partial charge in [0, 0.05) is 42.6 Å². The third kappa shape index (κ3) is 2.77. The van der Waals surface area contributed by atoms with E-state index in [1.54, 1.807) is 17.3 Å². The molecule has 1 unspecified atom stereocenters. The van der Waals surface area contributed by atoms with Crippen LogP contribution in [0.15, 0.2) is 36.7 Å². The lowest BCUT2D eigenvalue weighted by Crippen LogP contribution is -2.41. The molecule has 0 spiro atoms. The number of hydrogen-bond acceptors (Lipinski definition) is 5. The van der Waals surface area contributed by atoms with Crippen LogP contribution in [0.5, 0.6) is 0 Å². The largest absolute Gasteiger partial charge is 0.395 e. The maximum Gasteiger partial charge on any atom is 0.326 e. The van der Waals surface area contributed by atoms with Crippen molar-refractivity contribution in [3.8, 4) is 6.07 Å². The number of amides is 2. The summed E-state index contributed by atoms with van der Waals surface area (Å²) in [6.45, 7) is 2.75. The van der Waals surface area contributed by atoms with Crippen molar-refractivity contribution >= 4 is 22.5 Å². The van der Waals surface area contributed by atoms with Crippen LogP contribution in [0.3, 0.4) is 0 Å². The van der Waals surface area contributed by atoms with Gasteiger partial charge >= 0.3 is 6.03 Å². The van der Waals surface area contributed by atoms with Crippen molar-refractivity contribution < 1.29 is 9.90 Å². The normalized spacial score (nSPS) is 23.8. The minimum Gasteiger partial charge on any atom is -0.395 e. The highest BCUT2D eigenvalue weighted by Crippen LogP contribution is 2.32. The Labute approximate surface area is 152 Å². The van der Waals surface area contributed by atoms with Crippen molar-refractivity contribution in [3.63, 3.8) is 0 Å². The van der Waals surface area contributed by atoms with E-state index in [1.807, 2.05) is 29.2 Å². The van der Waals surface area contributed by atoms with E-state index in [4.69, 9.17) is 5.11 Å². The van der Waals surface area contributed by atoms with Gasteiger partial charge in [-0.2, -0.15) is 5.26 Å². The standard InChI is InChI=1S/C19H21N5O2/c20-9-16-13-23(15-5-6-22(12-15)7-8-25)19(26)24(16)18-11-21-10-14-3-1-2-4-17(14)18/h1-4,10-11,15-16,25H,5-8,12-13H2/t15-,16?/m1/s1. The molecule has 134 valence electrons. The number of β-amino-alcohol motifs (C(OH)–C–C–N with tert-alkyl or cyclic N) is 1. The number of nitrogens with zero attached hydrogens (tertiary/aromatic N) is 5. The second-order valence-corrected chi connectivity index (χ2v) is 6.80. The molecule has 2 atom stereocenters. The van der Waals surface area contributed by atoms with Crippen molar-refractivity contribution in [2.45, 2.75) is 18.5 Å². The molecule has 2 fully saturated rings. The van der Waals surface area contributed by atoms with Gasteiger partial charge < -0.3 is 10.0 Å². The van der Waals surface area contributed by atoms with Crippen molar-refractivity contribution in [2.24, 2.45) is 0 Å². The Morgan fingerprint density at radius 2 is 2.12 bits per heavy atom. The molecule has 2 aromatic rings. The van der Waals surface area contributed by atoms with Crippen LogP contribution in [0.4, 0.5) is 10.5 Å². The number of aromatic nitrogens is 1. The van der Waals surface area contributed by atoms with Crippen LogP contribution >= 0.6 is 0 Å². The first kappa shape index (κ1) is 16.8. The van der Waals surface area contributed by atoms with E-state index in [9.17, 15) is 10.1 Å². The molecule has 2 aliphatic heterocycles. The summed E-state index contributed by atoms with van der Waals surface area (Å²) in [5, 5.41) is 20.6. The maximum absolute atomic E-state index is 13.2. The number of pyridine rings is 1. The lowest BCUT2D eigenvalue weighted by molar-refractivity contribution is 0.189. The second-order valence-electron chi connectivity index (χ2n) is 6.80. The topological polar surface area (TPSA) is 83.7 Å². The Morgan fingerprint density at radius 1 is 1.27 bits per heavy atom. The van der Waals surface area contributed by atoms with Gasteiger partial charge in [0.1, 0.15) is 6.04 Å². The molecule has 26 heavy (non-hydrogen) atoms. The zero-order valence-corrected chi connectivity index (χ0v) is 14.5. The summed E-state index contributed by atoms with van der Waals surface area (Å²) in [6.07, 6.45) is 4.30.